The van der Waals surface area contributed by atoms with Crippen LogP contribution in [0.1, 0.15) is 18.9 Å². The molecule has 22 heavy (non-hydrogen) atoms. The van der Waals surface area contributed by atoms with Gasteiger partial charge in [0.15, 0.2) is 5.94 Å². The van der Waals surface area contributed by atoms with Gasteiger partial charge in [-0.05, 0) is 36.1 Å². The number of carbonyl (C=O) groups is 1. The van der Waals surface area contributed by atoms with Crippen LogP contribution >= 0.6 is 23.2 Å². The Labute approximate surface area is 139 Å². The summed E-state index contributed by atoms with van der Waals surface area (Å²) in [4.78, 5) is 10.8. The number of sulfone groups is 1. The van der Waals surface area contributed by atoms with E-state index in [0.717, 1.165) is 18.1 Å². The van der Waals surface area contributed by atoms with Gasteiger partial charge in [0.25, 0.3) is 0 Å². The zero-order chi connectivity index (χ0) is 16.3. The monoisotopic (exact) mass is 359 g/mol. The summed E-state index contributed by atoms with van der Waals surface area (Å²) < 4.78 is 28.5. The molecule has 1 aromatic carbocycles. The minimum atomic E-state index is -3.66. The lowest BCUT2D eigenvalue weighted by atomic mass is 9.97. The van der Waals surface area contributed by atoms with Crippen LogP contribution < -0.4 is 0 Å². The number of rotatable bonds is 4. The number of hydrogen-bond acceptors (Lipinski definition) is 4. The first kappa shape index (κ1) is 17.1. The lowest BCUT2D eigenvalue weighted by Crippen LogP contribution is -2.12. The molecule has 0 saturated carbocycles. The van der Waals surface area contributed by atoms with Crippen LogP contribution in [0.25, 0.3) is 5.57 Å². The fourth-order valence-corrected chi connectivity index (χ4v) is 3.38. The second kappa shape index (κ2) is 6.86. The SMILES string of the molecule is CC(=O)OCS(=O)(=O)c1ccc(C2=C(Cl)C(Cl)=C[CH]C2)cc1. The second-order valence-corrected chi connectivity index (χ2v) is 7.36. The summed E-state index contributed by atoms with van der Waals surface area (Å²) in [5.41, 5.74) is 1.62. The molecule has 117 valence electrons. The summed E-state index contributed by atoms with van der Waals surface area (Å²) in [5.74, 6) is -1.32. The molecule has 2 rings (SSSR count). The first-order valence-corrected chi connectivity index (χ1v) is 8.76. The molecular formula is C15H13Cl2O4S. The quantitative estimate of drug-likeness (QED) is 0.769. The lowest BCUT2D eigenvalue weighted by Gasteiger charge is -2.15. The van der Waals surface area contributed by atoms with Gasteiger partial charge in [-0.3, -0.25) is 4.79 Å². The number of ether oxygens (including phenoxy) is 1. The summed E-state index contributed by atoms with van der Waals surface area (Å²) in [5, 5.41) is 0.911. The summed E-state index contributed by atoms with van der Waals surface area (Å²) in [6.07, 6.45) is 4.23. The van der Waals surface area contributed by atoms with Crippen molar-refractivity contribution in [2.45, 2.75) is 18.2 Å². The zero-order valence-corrected chi connectivity index (χ0v) is 14.0. The van der Waals surface area contributed by atoms with E-state index in [9.17, 15) is 13.2 Å². The number of benzene rings is 1. The molecule has 0 bridgehead atoms. The molecule has 0 atom stereocenters. The van der Waals surface area contributed by atoms with Crippen molar-refractivity contribution in [3.05, 3.63) is 52.4 Å². The third-order valence-corrected chi connectivity index (χ3v) is 5.30. The number of carbonyl (C=O) groups excluding carboxylic acids is 1. The normalized spacial score (nSPS) is 15.5. The highest BCUT2D eigenvalue weighted by molar-refractivity contribution is 7.91. The largest absolute Gasteiger partial charge is 0.449 e. The Balaban J connectivity index is 2.26. The molecule has 0 aromatic heterocycles. The van der Waals surface area contributed by atoms with E-state index in [1.807, 2.05) is 6.42 Å². The van der Waals surface area contributed by atoms with E-state index in [2.05, 4.69) is 4.74 Å². The minimum absolute atomic E-state index is 0.0793. The van der Waals surface area contributed by atoms with Crippen molar-refractivity contribution in [3.8, 4) is 0 Å². The van der Waals surface area contributed by atoms with Gasteiger partial charge in [-0.15, -0.1) is 0 Å². The van der Waals surface area contributed by atoms with Crippen LogP contribution in [0.15, 0.2) is 45.3 Å². The van der Waals surface area contributed by atoms with Crippen molar-refractivity contribution < 1.29 is 17.9 Å². The molecule has 0 unspecified atom stereocenters. The third-order valence-electron chi connectivity index (χ3n) is 3.04. The molecule has 1 aliphatic carbocycles. The van der Waals surface area contributed by atoms with E-state index < -0.39 is 21.7 Å². The molecule has 0 spiro atoms. The van der Waals surface area contributed by atoms with Crippen molar-refractivity contribution in [2.24, 2.45) is 0 Å². The van der Waals surface area contributed by atoms with Crippen LogP contribution in [0.5, 0.6) is 0 Å². The Morgan fingerprint density at radius 1 is 1.23 bits per heavy atom. The Morgan fingerprint density at radius 2 is 1.86 bits per heavy atom. The third kappa shape index (κ3) is 3.91. The maximum absolute atomic E-state index is 12.0. The predicted octanol–water partition coefficient (Wildman–Crippen LogP) is 3.66. The van der Waals surface area contributed by atoms with Gasteiger partial charge in [-0.25, -0.2) is 8.42 Å². The maximum Gasteiger partial charge on any atom is 0.303 e. The standard InChI is InChI=1S/C15H13Cl2O4S/c1-10(18)21-9-22(19,20)12-7-5-11(6-8-12)13-3-2-4-14(16)15(13)17/h2,4-8H,3,9H2,1H3. The zero-order valence-electron chi connectivity index (χ0n) is 11.7. The molecule has 0 N–H and O–H groups in total. The van der Waals surface area contributed by atoms with E-state index in [-0.39, 0.29) is 4.90 Å². The molecule has 4 nitrogen and oxygen atoms in total. The highest BCUT2D eigenvalue weighted by Crippen LogP contribution is 2.36. The van der Waals surface area contributed by atoms with Crippen molar-refractivity contribution in [2.75, 3.05) is 5.94 Å². The molecule has 0 fully saturated rings. The van der Waals surface area contributed by atoms with Crippen LogP contribution in [0.2, 0.25) is 0 Å². The summed E-state index contributed by atoms with van der Waals surface area (Å²) in [6, 6.07) is 6.22. The van der Waals surface area contributed by atoms with E-state index in [4.69, 9.17) is 23.2 Å². The molecule has 0 amide bonds. The number of hydrogen-bond donors (Lipinski definition) is 0. The van der Waals surface area contributed by atoms with Gasteiger partial charge in [-0.1, -0.05) is 41.4 Å². The second-order valence-electron chi connectivity index (χ2n) is 4.64. The molecule has 7 heteroatoms. The van der Waals surface area contributed by atoms with Gasteiger partial charge in [-0.2, -0.15) is 0 Å². The Morgan fingerprint density at radius 3 is 2.45 bits per heavy atom. The van der Waals surface area contributed by atoms with Crippen molar-refractivity contribution in [1.29, 1.82) is 0 Å². The predicted molar refractivity (Wildman–Crippen MR) is 85.9 cm³/mol. The van der Waals surface area contributed by atoms with Gasteiger partial charge in [0.2, 0.25) is 9.84 Å². The first-order chi connectivity index (χ1) is 10.3. The molecule has 1 radical (unpaired) electrons. The van der Waals surface area contributed by atoms with Crippen LogP contribution in [-0.4, -0.2) is 20.3 Å². The van der Waals surface area contributed by atoms with Crippen molar-refractivity contribution in [1.82, 2.24) is 0 Å². The summed E-state index contributed by atoms with van der Waals surface area (Å²) in [6.45, 7) is 1.16. The Hall–Kier alpha value is -1.30. The van der Waals surface area contributed by atoms with Crippen LogP contribution in [0.3, 0.4) is 0 Å². The minimum Gasteiger partial charge on any atom is -0.449 e. The van der Waals surface area contributed by atoms with Crippen LogP contribution in [0, 0.1) is 6.42 Å². The molecular weight excluding hydrogens is 347 g/mol. The Bertz CT molecular complexity index is 746. The summed E-state index contributed by atoms with van der Waals surface area (Å²) in [7, 11) is -3.66. The van der Waals surface area contributed by atoms with Gasteiger partial charge in [0.1, 0.15) is 0 Å². The van der Waals surface area contributed by atoms with Gasteiger partial charge >= 0.3 is 5.97 Å². The van der Waals surface area contributed by atoms with Crippen molar-refractivity contribution >= 4 is 44.6 Å². The lowest BCUT2D eigenvalue weighted by molar-refractivity contribution is -0.138. The van der Waals surface area contributed by atoms with E-state index in [1.54, 1.807) is 18.2 Å². The maximum atomic E-state index is 12.0. The average molecular weight is 360 g/mol. The van der Waals surface area contributed by atoms with Crippen LogP contribution in [-0.2, 0) is 19.4 Å². The molecule has 1 aromatic rings. The number of halogens is 2. The first-order valence-electron chi connectivity index (χ1n) is 6.36. The highest BCUT2D eigenvalue weighted by atomic mass is 35.5. The number of esters is 1. The topological polar surface area (TPSA) is 60.4 Å². The average Bonchev–Trinajstić information content (AvgIpc) is 2.48. The van der Waals surface area contributed by atoms with Gasteiger partial charge in [0.05, 0.1) is 15.0 Å². The summed E-state index contributed by atoms with van der Waals surface area (Å²) >= 11 is 12.1. The van der Waals surface area contributed by atoms with E-state index in [0.29, 0.717) is 16.5 Å². The fourth-order valence-electron chi connectivity index (χ4n) is 1.92. The van der Waals surface area contributed by atoms with Gasteiger partial charge in [0, 0.05) is 6.92 Å². The molecule has 0 aliphatic heterocycles. The van der Waals surface area contributed by atoms with E-state index >= 15 is 0 Å². The molecule has 1 aliphatic rings. The highest BCUT2D eigenvalue weighted by Gasteiger charge is 2.18. The Kier molecular flexibility index (Phi) is 5.32. The molecule has 0 heterocycles. The van der Waals surface area contributed by atoms with Crippen LogP contribution in [0.4, 0.5) is 0 Å². The van der Waals surface area contributed by atoms with Crippen molar-refractivity contribution in [3.63, 3.8) is 0 Å². The number of allylic oxidation sites excluding steroid dienone is 4. The molecule has 0 saturated heterocycles. The van der Waals surface area contributed by atoms with E-state index in [1.165, 1.54) is 12.1 Å². The fraction of sp³-hybridized carbons (Fsp3) is 0.200. The van der Waals surface area contributed by atoms with Gasteiger partial charge < -0.3 is 4.74 Å². The smallest absolute Gasteiger partial charge is 0.303 e.